The lowest BCUT2D eigenvalue weighted by Crippen LogP contribution is -2.01. The van der Waals surface area contributed by atoms with Crippen molar-refractivity contribution in [3.63, 3.8) is 0 Å². The Morgan fingerprint density at radius 1 is 0.375 bits per heavy atom. The van der Waals surface area contributed by atoms with E-state index in [4.69, 9.17) is 9.97 Å². The second-order valence-electron chi connectivity index (χ2n) is 12.2. The van der Waals surface area contributed by atoms with Crippen molar-refractivity contribution in [3.8, 4) is 34.0 Å². The first-order valence-corrected chi connectivity index (χ1v) is 16.3. The lowest BCUT2D eigenvalue weighted by Gasteiger charge is -2.15. The zero-order valence-electron chi connectivity index (χ0n) is 26.0. The van der Waals surface area contributed by atoms with Gasteiger partial charge in [0.25, 0.3) is 0 Å². The summed E-state index contributed by atoms with van der Waals surface area (Å²) in [6, 6.07) is 60.0. The average Bonchev–Trinajstić information content (AvgIpc) is 3.68. The molecule has 224 valence electrons. The van der Waals surface area contributed by atoms with E-state index in [1.165, 1.54) is 32.6 Å². The molecule has 0 fully saturated rings. The van der Waals surface area contributed by atoms with Crippen LogP contribution in [0, 0.1) is 0 Å². The van der Waals surface area contributed by atoms with Crippen LogP contribution in [0.3, 0.4) is 0 Å². The van der Waals surface area contributed by atoms with E-state index in [0.717, 1.165) is 50.1 Å². The third-order valence-electron chi connectivity index (χ3n) is 9.52. The molecule has 0 atom stereocenters. The molecular weight excluding hydrogens is 585 g/mol. The van der Waals surface area contributed by atoms with Crippen molar-refractivity contribution in [2.75, 3.05) is 0 Å². The molecule has 4 nitrogen and oxygen atoms in total. The summed E-state index contributed by atoms with van der Waals surface area (Å²) in [5, 5.41) is 6.00. The number of para-hydroxylation sites is 5. The molecule has 0 amide bonds. The van der Waals surface area contributed by atoms with Crippen molar-refractivity contribution in [2.45, 2.75) is 0 Å². The largest absolute Gasteiger partial charge is 0.309 e. The van der Waals surface area contributed by atoms with Crippen LogP contribution in [0.4, 0.5) is 0 Å². The SMILES string of the molecule is c1ccc(-c2nc(-c3ccccc3-n3c4ccccc4c4c5c6ccccc6n(-c6ccccc6)c5ccc43)nc3ccccc23)cc1. The summed E-state index contributed by atoms with van der Waals surface area (Å²) in [6.45, 7) is 0. The Morgan fingerprint density at radius 2 is 0.917 bits per heavy atom. The van der Waals surface area contributed by atoms with Crippen LogP contribution in [-0.2, 0) is 0 Å². The number of hydrogen-bond acceptors (Lipinski definition) is 2. The molecule has 3 aromatic heterocycles. The second kappa shape index (κ2) is 10.5. The summed E-state index contributed by atoms with van der Waals surface area (Å²) in [6.07, 6.45) is 0. The van der Waals surface area contributed by atoms with E-state index in [0.29, 0.717) is 5.82 Å². The molecule has 0 saturated carbocycles. The highest BCUT2D eigenvalue weighted by molar-refractivity contribution is 6.29. The van der Waals surface area contributed by atoms with Gasteiger partial charge < -0.3 is 9.13 Å². The molecule has 0 bridgehead atoms. The highest BCUT2D eigenvalue weighted by Gasteiger charge is 2.22. The maximum atomic E-state index is 5.27. The fourth-order valence-electron chi connectivity index (χ4n) is 7.50. The first-order chi connectivity index (χ1) is 23.8. The molecule has 3 heterocycles. The molecule has 0 aliphatic rings. The predicted octanol–water partition coefficient (Wildman–Crippen LogP) is 11.2. The van der Waals surface area contributed by atoms with Gasteiger partial charge in [-0.25, -0.2) is 9.97 Å². The highest BCUT2D eigenvalue weighted by Crippen LogP contribution is 2.43. The molecule has 0 unspecified atom stereocenters. The number of benzene rings is 7. The lowest BCUT2D eigenvalue weighted by atomic mass is 10.0. The standard InChI is InChI=1S/C44H28N4/c1-3-15-29(16-4-1)43-31-19-7-11-23-35(31)45-44(46-43)34-22-10-14-26-38(34)48-37-25-13-9-21-33(37)42-40(48)28-27-39-41(42)32-20-8-12-24-36(32)47(39)30-17-5-2-6-18-30/h1-28H. The first-order valence-electron chi connectivity index (χ1n) is 16.3. The second-order valence-corrected chi connectivity index (χ2v) is 12.2. The van der Waals surface area contributed by atoms with E-state index in [9.17, 15) is 0 Å². The number of hydrogen-bond donors (Lipinski definition) is 0. The van der Waals surface area contributed by atoms with E-state index < -0.39 is 0 Å². The summed E-state index contributed by atoms with van der Waals surface area (Å²) in [7, 11) is 0. The monoisotopic (exact) mass is 612 g/mol. The molecular formula is C44H28N4. The van der Waals surface area contributed by atoms with Gasteiger partial charge in [0.05, 0.1) is 39.0 Å². The van der Waals surface area contributed by atoms with Crippen LogP contribution in [0.1, 0.15) is 0 Å². The molecule has 7 aromatic carbocycles. The van der Waals surface area contributed by atoms with Crippen LogP contribution in [0.15, 0.2) is 170 Å². The molecule has 0 aliphatic heterocycles. The molecule has 0 saturated heterocycles. The quantitative estimate of drug-likeness (QED) is 0.198. The Morgan fingerprint density at radius 3 is 1.65 bits per heavy atom. The van der Waals surface area contributed by atoms with Gasteiger partial charge >= 0.3 is 0 Å². The summed E-state index contributed by atoms with van der Waals surface area (Å²) in [4.78, 5) is 10.4. The Labute approximate surface area is 276 Å². The van der Waals surface area contributed by atoms with Crippen molar-refractivity contribution in [1.29, 1.82) is 0 Å². The van der Waals surface area contributed by atoms with Gasteiger partial charge in [-0.3, -0.25) is 0 Å². The maximum Gasteiger partial charge on any atom is 0.162 e. The Bertz CT molecular complexity index is 2830. The lowest BCUT2D eigenvalue weighted by molar-refractivity contribution is 1.15. The fraction of sp³-hybridized carbons (Fsp3) is 0. The summed E-state index contributed by atoms with van der Waals surface area (Å²) < 4.78 is 4.78. The maximum absolute atomic E-state index is 5.27. The average molecular weight is 613 g/mol. The van der Waals surface area contributed by atoms with Crippen molar-refractivity contribution in [1.82, 2.24) is 19.1 Å². The molecule has 4 heteroatoms. The van der Waals surface area contributed by atoms with Crippen molar-refractivity contribution in [3.05, 3.63) is 170 Å². The van der Waals surface area contributed by atoms with E-state index >= 15 is 0 Å². The molecule has 10 rings (SSSR count). The van der Waals surface area contributed by atoms with Crippen LogP contribution >= 0.6 is 0 Å². The minimum Gasteiger partial charge on any atom is -0.309 e. The predicted molar refractivity (Wildman–Crippen MR) is 199 cm³/mol. The van der Waals surface area contributed by atoms with Crippen LogP contribution in [0.5, 0.6) is 0 Å². The summed E-state index contributed by atoms with van der Waals surface area (Å²) in [5.41, 5.74) is 10.8. The summed E-state index contributed by atoms with van der Waals surface area (Å²) in [5.74, 6) is 0.704. The van der Waals surface area contributed by atoms with Gasteiger partial charge in [0.15, 0.2) is 5.82 Å². The van der Waals surface area contributed by atoms with Crippen molar-refractivity contribution < 1.29 is 0 Å². The normalized spacial score (nSPS) is 11.8. The molecule has 0 spiro atoms. The van der Waals surface area contributed by atoms with E-state index in [2.05, 4.69) is 167 Å². The van der Waals surface area contributed by atoms with Gasteiger partial charge in [0.1, 0.15) is 0 Å². The summed E-state index contributed by atoms with van der Waals surface area (Å²) >= 11 is 0. The van der Waals surface area contributed by atoms with E-state index in [1.807, 2.05) is 12.1 Å². The zero-order valence-corrected chi connectivity index (χ0v) is 26.0. The van der Waals surface area contributed by atoms with Gasteiger partial charge in [-0.05, 0) is 54.6 Å². The molecule has 0 aliphatic carbocycles. The topological polar surface area (TPSA) is 35.6 Å². The Hall–Kier alpha value is -6.52. The number of rotatable bonds is 4. The van der Waals surface area contributed by atoms with Crippen LogP contribution in [0.25, 0.3) is 88.5 Å². The number of fused-ring (bicyclic) bond motifs is 8. The van der Waals surface area contributed by atoms with Crippen LogP contribution < -0.4 is 0 Å². The van der Waals surface area contributed by atoms with Crippen molar-refractivity contribution in [2.24, 2.45) is 0 Å². The Kier molecular flexibility index (Phi) is 5.84. The van der Waals surface area contributed by atoms with Gasteiger partial charge in [0, 0.05) is 43.7 Å². The van der Waals surface area contributed by atoms with Crippen molar-refractivity contribution >= 4 is 54.5 Å². The van der Waals surface area contributed by atoms with Gasteiger partial charge in [0.2, 0.25) is 0 Å². The zero-order chi connectivity index (χ0) is 31.6. The minimum atomic E-state index is 0.704. The number of aromatic nitrogens is 4. The molecule has 48 heavy (non-hydrogen) atoms. The van der Waals surface area contributed by atoms with Gasteiger partial charge in [-0.2, -0.15) is 0 Å². The van der Waals surface area contributed by atoms with Gasteiger partial charge in [-0.15, -0.1) is 0 Å². The molecule has 0 N–H and O–H groups in total. The fourth-order valence-corrected chi connectivity index (χ4v) is 7.50. The minimum absolute atomic E-state index is 0.704. The van der Waals surface area contributed by atoms with Gasteiger partial charge in [-0.1, -0.05) is 115 Å². The van der Waals surface area contributed by atoms with Crippen LogP contribution in [-0.4, -0.2) is 19.1 Å². The van der Waals surface area contributed by atoms with Crippen LogP contribution in [0.2, 0.25) is 0 Å². The third kappa shape index (κ3) is 3.90. The highest BCUT2D eigenvalue weighted by atomic mass is 15.0. The number of nitrogens with zero attached hydrogens (tertiary/aromatic N) is 4. The Balaban J connectivity index is 1.30. The molecule has 0 radical (unpaired) electrons. The first kappa shape index (κ1) is 26.7. The van der Waals surface area contributed by atoms with E-state index in [-0.39, 0.29) is 0 Å². The molecule has 10 aromatic rings. The smallest absolute Gasteiger partial charge is 0.162 e. The van der Waals surface area contributed by atoms with E-state index in [1.54, 1.807) is 0 Å². The third-order valence-corrected chi connectivity index (χ3v) is 9.52.